The van der Waals surface area contributed by atoms with E-state index in [1.54, 1.807) is 12.2 Å². The number of hydrogen-bond acceptors (Lipinski definition) is 5. The first-order chi connectivity index (χ1) is 17.3. The van der Waals surface area contributed by atoms with Crippen molar-refractivity contribution >= 4 is 5.78 Å². The molecule has 0 saturated carbocycles. The quantitative estimate of drug-likeness (QED) is 0.328. The van der Waals surface area contributed by atoms with Gasteiger partial charge in [0, 0.05) is 12.8 Å². The lowest BCUT2D eigenvalue weighted by Crippen LogP contribution is -2.26. The van der Waals surface area contributed by atoms with Crippen LogP contribution >= 0.6 is 0 Å². The highest BCUT2D eigenvalue weighted by molar-refractivity contribution is 5.95. The van der Waals surface area contributed by atoms with Gasteiger partial charge in [0.1, 0.15) is 0 Å². The first kappa shape index (κ1) is 28.3. The standard InChI is InChI=1S/C31H42O5/c1-22-15-16-35-29(19-22)13-14-31(34)25-7-4-8-26(32)18-23(2)17-24(3)20-30-12-6-11-28(36-30)10-5-9-27(33)21-25/h4,6,8,11,13-15,24-26,28-32,34H,2,7,10,12,16-21H2,1,3H3/b8-4+,14-13+/t24-,25+,26+,28+,29+,30-,31-/m0/s1. The normalized spacial score (nSPS) is 34.7. The van der Waals surface area contributed by atoms with Gasteiger partial charge >= 0.3 is 0 Å². The second-order valence-corrected chi connectivity index (χ2v) is 10.6. The molecule has 0 unspecified atom stereocenters. The zero-order valence-corrected chi connectivity index (χ0v) is 21.8. The lowest BCUT2D eigenvalue weighted by Gasteiger charge is -2.27. The summed E-state index contributed by atoms with van der Waals surface area (Å²) in [5.41, 5.74) is 2.28. The van der Waals surface area contributed by atoms with Gasteiger partial charge < -0.3 is 19.7 Å². The second-order valence-electron chi connectivity index (χ2n) is 10.6. The van der Waals surface area contributed by atoms with Crippen molar-refractivity contribution in [2.24, 2.45) is 11.8 Å². The number of carbonyl (C=O) groups is 1. The van der Waals surface area contributed by atoms with Crippen LogP contribution in [0.25, 0.3) is 0 Å². The Hall–Kier alpha value is -2.23. The van der Waals surface area contributed by atoms with Gasteiger partial charge in [-0.25, -0.2) is 0 Å². The van der Waals surface area contributed by atoms with Crippen molar-refractivity contribution in [3.63, 3.8) is 0 Å². The summed E-state index contributed by atoms with van der Waals surface area (Å²) < 4.78 is 11.9. The molecule has 5 heteroatoms. The Balaban J connectivity index is 1.71. The van der Waals surface area contributed by atoms with Crippen LogP contribution in [0.4, 0.5) is 0 Å². The van der Waals surface area contributed by atoms with Crippen LogP contribution in [0.2, 0.25) is 0 Å². The van der Waals surface area contributed by atoms with Crippen LogP contribution in [0, 0.1) is 23.7 Å². The van der Waals surface area contributed by atoms with Crippen LogP contribution in [0.1, 0.15) is 65.2 Å². The van der Waals surface area contributed by atoms with Gasteiger partial charge in [-0.1, -0.05) is 73.1 Å². The lowest BCUT2D eigenvalue weighted by atomic mass is 9.90. The van der Waals surface area contributed by atoms with Crippen molar-refractivity contribution in [1.82, 2.24) is 0 Å². The largest absolute Gasteiger partial charge is 0.389 e. The maximum Gasteiger partial charge on any atom is 0.205 e. The number of ether oxygens (including phenoxy) is 2. The molecule has 0 aromatic rings. The topological polar surface area (TPSA) is 76.0 Å². The lowest BCUT2D eigenvalue weighted by molar-refractivity contribution is -0.115. The van der Waals surface area contributed by atoms with Crippen LogP contribution in [-0.4, -0.2) is 53.1 Å². The van der Waals surface area contributed by atoms with Crippen LogP contribution in [0.3, 0.4) is 0 Å². The van der Waals surface area contributed by atoms with E-state index in [9.17, 15) is 15.0 Å². The summed E-state index contributed by atoms with van der Waals surface area (Å²) in [5.74, 6) is 5.60. The molecule has 3 rings (SSSR count). The summed E-state index contributed by atoms with van der Waals surface area (Å²) in [6.07, 6.45) is 16.9. The molecule has 0 fully saturated rings. The number of aliphatic hydroxyl groups is 2. The molecule has 3 heterocycles. The minimum Gasteiger partial charge on any atom is -0.389 e. The third kappa shape index (κ3) is 10.0. The fraction of sp³-hybridized carbons (Fsp3) is 0.581. The number of hydrogen-bond donors (Lipinski definition) is 2. The van der Waals surface area contributed by atoms with E-state index in [0.29, 0.717) is 31.8 Å². The Morgan fingerprint density at radius 1 is 1.17 bits per heavy atom. The third-order valence-electron chi connectivity index (χ3n) is 6.96. The highest BCUT2D eigenvalue weighted by Crippen LogP contribution is 2.26. The van der Waals surface area contributed by atoms with Gasteiger partial charge in [0.05, 0.1) is 37.1 Å². The average molecular weight is 495 g/mol. The molecular formula is C31H42O5. The van der Waals surface area contributed by atoms with Crippen molar-refractivity contribution in [1.29, 1.82) is 0 Å². The number of fused-ring (bicyclic) bond motifs is 2. The molecule has 0 radical (unpaired) electrons. The van der Waals surface area contributed by atoms with Gasteiger partial charge in [-0.15, -0.1) is 0 Å². The first-order valence-corrected chi connectivity index (χ1v) is 13.3. The first-order valence-electron chi connectivity index (χ1n) is 13.3. The summed E-state index contributed by atoms with van der Waals surface area (Å²) in [6.45, 7) is 9.01. The van der Waals surface area contributed by atoms with E-state index in [-0.39, 0.29) is 36.4 Å². The van der Waals surface area contributed by atoms with Crippen LogP contribution in [0.15, 0.2) is 60.3 Å². The summed E-state index contributed by atoms with van der Waals surface area (Å²) in [5, 5.41) is 21.4. The molecule has 2 N–H and O–H groups in total. The van der Waals surface area contributed by atoms with Gasteiger partial charge in [-0.2, -0.15) is 0 Å². The SMILES string of the molecule is C=C1C[C@H](C)C[C@@H]2CC=C[C@@H](CC#CC(=O)C[C@H]([C@@H](O)/C=C/[C@@H]3CC(C)=CCO3)C/C=C/[C@@H](O)C1)O2. The Bertz CT molecular complexity index is 930. The van der Waals surface area contributed by atoms with Gasteiger partial charge in [0.15, 0.2) is 0 Å². The molecule has 196 valence electrons. The Morgan fingerprint density at radius 3 is 2.78 bits per heavy atom. The number of aliphatic hydroxyl groups excluding tert-OH is 2. The van der Waals surface area contributed by atoms with Crippen molar-refractivity contribution in [3.05, 3.63) is 60.3 Å². The highest BCUT2D eigenvalue weighted by atomic mass is 16.5. The van der Waals surface area contributed by atoms with E-state index >= 15 is 0 Å². The fourth-order valence-electron chi connectivity index (χ4n) is 5.06. The Kier molecular flexibility index (Phi) is 11.4. The zero-order chi connectivity index (χ0) is 25.9. The Labute approximate surface area is 216 Å². The zero-order valence-electron chi connectivity index (χ0n) is 21.8. The molecule has 2 bridgehead atoms. The summed E-state index contributed by atoms with van der Waals surface area (Å²) in [7, 11) is 0. The van der Waals surface area contributed by atoms with Gasteiger partial charge in [0.2, 0.25) is 5.78 Å². The van der Waals surface area contributed by atoms with E-state index in [2.05, 4.69) is 44.4 Å². The molecule has 5 nitrogen and oxygen atoms in total. The van der Waals surface area contributed by atoms with E-state index in [4.69, 9.17) is 9.47 Å². The minimum absolute atomic E-state index is 0.0718. The maximum atomic E-state index is 12.7. The molecule has 0 aromatic carbocycles. The summed E-state index contributed by atoms with van der Waals surface area (Å²) in [4.78, 5) is 12.7. The molecule has 3 aliphatic rings. The van der Waals surface area contributed by atoms with Gasteiger partial charge in [-0.3, -0.25) is 4.79 Å². The molecule has 0 aromatic heterocycles. The van der Waals surface area contributed by atoms with Gasteiger partial charge in [0.25, 0.3) is 0 Å². The molecular weight excluding hydrogens is 452 g/mol. The van der Waals surface area contributed by atoms with Crippen molar-refractivity contribution in [2.45, 2.75) is 95.7 Å². The molecule has 0 spiro atoms. The summed E-state index contributed by atoms with van der Waals surface area (Å²) in [6, 6.07) is 0. The van der Waals surface area contributed by atoms with E-state index in [1.165, 1.54) is 5.57 Å². The van der Waals surface area contributed by atoms with E-state index in [0.717, 1.165) is 31.3 Å². The molecule has 0 saturated heterocycles. The van der Waals surface area contributed by atoms with Crippen molar-refractivity contribution in [2.75, 3.05) is 6.61 Å². The molecule has 7 atom stereocenters. The third-order valence-corrected chi connectivity index (χ3v) is 6.96. The van der Waals surface area contributed by atoms with Crippen molar-refractivity contribution in [3.8, 4) is 11.8 Å². The van der Waals surface area contributed by atoms with E-state index < -0.39 is 12.2 Å². The average Bonchev–Trinajstić information content (AvgIpc) is 2.81. The van der Waals surface area contributed by atoms with Gasteiger partial charge in [-0.05, 0) is 63.2 Å². The monoisotopic (exact) mass is 494 g/mol. The fourth-order valence-corrected chi connectivity index (χ4v) is 5.06. The van der Waals surface area contributed by atoms with Crippen LogP contribution in [-0.2, 0) is 14.3 Å². The number of allylic oxidation sites excluding steroid dienone is 1. The number of carbonyl (C=O) groups excluding carboxylic acids is 1. The molecule has 3 aliphatic heterocycles. The minimum atomic E-state index is -0.820. The van der Waals surface area contributed by atoms with Crippen LogP contribution in [0.5, 0.6) is 0 Å². The number of ketones is 1. The summed E-state index contributed by atoms with van der Waals surface area (Å²) >= 11 is 0. The Morgan fingerprint density at radius 2 is 1.97 bits per heavy atom. The number of Topliss-reactive ketones (excluding diaryl/α,β-unsaturated/α-hetero) is 1. The smallest absolute Gasteiger partial charge is 0.205 e. The number of rotatable bonds is 3. The van der Waals surface area contributed by atoms with Crippen LogP contribution < -0.4 is 0 Å². The molecule has 36 heavy (non-hydrogen) atoms. The maximum absolute atomic E-state index is 12.7. The second kappa shape index (κ2) is 14.5. The van der Waals surface area contributed by atoms with E-state index in [1.807, 2.05) is 18.2 Å². The van der Waals surface area contributed by atoms with Crippen molar-refractivity contribution < 1.29 is 24.5 Å². The predicted octanol–water partition coefficient (Wildman–Crippen LogP) is 5.00. The predicted molar refractivity (Wildman–Crippen MR) is 143 cm³/mol. The molecule has 0 aliphatic carbocycles. The molecule has 0 amide bonds. The highest BCUT2D eigenvalue weighted by Gasteiger charge is 2.22.